The molecule has 2 amide bonds. The van der Waals surface area contributed by atoms with Gasteiger partial charge in [-0.05, 0) is 60.9 Å². The number of Topliss-reactive ketones (excluding diaryl/α,β-unsaturated/α-hetero) is 1. The first-order chi connectivity index (χ1) is 18.0. The summed E-state index contributed by atoms with van der Waals surface area (Å²) in [5.41, 5.74) is 2.27. The van der Waals surface area contributed by atoms with Crippen molar-refractivity contribution in [1.29, 1.82) is 0 Å². The fraction of sp³-hybridized carbons (Fsp3) is 0.179. The van der Waals surface area contributed by atoms with Gasteiger partial charge in [0.05, 0.1) is 11.3 Å². The first-order valence-electron chi connectivity index (χ1n) is 11.9. The molecule has 1 aliphatic rings. The molecule has 1 aliphatic carbocycles. The van der Waals surface area contributed by atoms with Crippen LogP contribution < -0.4 is 10.6 Å². The van der Waals surface area contributed by atoms with Gasteiger partial charge in [0.25, 0.3) is 11.8 Å². The van der Waals surface area contributed by atoms with Crippen LogP contribution in [0.2, 0.25) is 0 Å². The number of amides is 2. The molecule has 8 nitrogen and oxygen atoms in total. The van der Waals surface area contributed by atoms with Crippen LogP contribution in [0.25, 0.3) is 17.1 Å². The van der Waals surface area contributed by atoms with E-state index < -0.39 is 23.6 Å². The summed E-state index contributed by atoms with van der Waals surface area (Å²) in [5, 5.41) is 9.94. The zero-order valence-corrected chi connectivity index (χ0v) is 19.8. The number of hydrogen-bond acceptors (Lipinski definition) is 5. The van der Waals surface area contributed by atoms with Crippen molar-refractivity contribution in [2.45, 2.75) is 31.3 Å². The van der Waals surface area contributed by atoms with E-state index >= 15 is 0 Å². The maximum absolute atomic E-state index is 13.4. The summed E-state index contributed by atoms with van der Waals surface area (Å²) < 4.78 is 14.7. The van der Waals surface area contributed by atoms with Crippen LogP contribution >= 0.6 is 0 Å². The van der Waals surface area contributed by atoms with Crippen molar-refractivity contribution in [1.82, 2.24) is 25.4 Å². The van der Waals surface area contributed by atoms with Crippen LogP contribution in [0.1, 0.15) is 28.8 Å². The van der Waals surface area contributed by atoms with Crippen molar-refractivity contribution in [2.24, 2.45) is 0 Å². The van der Waals surface area contributed by atoms with E-state index in [4.69, 9.17) is 0 Å². The molecule has 0 saturated heterocycles. The normalized spacial score (nSPS) is 13.5. The number of ketones is 1. The van der Waals surface area contributed by atoms with Crippen molar-refractivity contribution in [3.63, 3.8) is 0 Å². The number of halogens is 1. The SMILES string of the molecule is O=C(NC1CC1)C(=O)[C@H](Cc1ccccc1)NC(=O)c1cccnc1-n1ccc(-c2ccc(F)cc2)n1. The highest BCUT2D eigenvalue weighted by Crippen LogP contribution is 2.21. The molecule has 1 atom stereocenters. The Balaban J connectivity index is 1.39. The Morgan fingerprint density at radius 2 is 1.73 bits per heavy atom. The number of carbonyl (C=O) groups excluding carboxylic acids is 3. The van der Waals surface area contributed by atoms with Gasteiger partial charge in [0.2, 0.25) is 5.78 Å². The van der Waals surface area contributed by atoms with E-state index in [1.165, 1.54) is 23.0 Å². The molecule has 186 valence electrons. The molecule has 2 aromatic heterocycles. The van der Waals surface area contributed by atoms with Gasteiger partial charge in [-0.15, -0.1) is 0 Å². The first-order valence-corrected chi connectivity index (χ1v) is 11.9. The van der Waals surface area contributed by atoms with Gasteiger partial charge in [-0.25, -0.2) is 14.1 Å². The van der Waals surface area contributed by atoms with E-state index in [1.54, 1.807) is 36.5 Å². The average Bonchev–Trinajstić information content (AvgIpc) is 3.60. The van der Waals surface area contributed by atoms with Crippen LogP contribution in [0.15, 0.2) is 85.2 Å². The molecular formula is C28H24FN5O3. The summed E-state index contributed by atoms with van der Waals surface area (Å²) in [6, 6.07) is 19.0. The van der Waals surface area contributed by atoms with E-state index in [0.717, 1.165) is 18.4 Å². The summed E-state index contributed by atoms with van der Waals surface area (Å²) in [7, 11) is 0. The lowest BCUT2D eigenvalue weighted by Crippen LogP contribution is -2.49. The van der Waals surface area contributed by atoms with E-state index in [9.17, 15) is 18.8 Å². The zero-order chi connectivity index (χ0) is 25.8. The third-order valence-electron chi connectivity index (χ3n) is 6.02. The van der Waals surface area contributed by atoms with Crippen molar-refractivity contribution in [3.05, 3.63) is 102 Å². The Labute approximate surface area is 212 Å². The second-order valence-electron chi connectivity index (χ2n) is 8.85. The highest BCUT2D eigenvalue weighted by molar-refractivity contribution is 6.38. The second kappa shape index (κ2) is 10.5. The van der Waals surface area contributed by atoms with Crippen molar-refractivity contribution in [2.75, 3.05) is 0 Å². The minimum atomic E-state index is -1.06. The van der Waals surface area contributed by atoms with Gasteiger partial charge in [0.15, 0.2) is 5.82 Å². The molecule has 2 heterocycles. The summed E-state index contributed by atoms with van der Waals surface area (Å²) in [5.74, 6) is -2.06. The molecule has 0 bridgehead atoms. The Kier molecular flexibility index (Phi) is 6.85. The van der Waals surface area contributed by atoms with E-state index in [-0.39, 0.29) is 29.7 Å². The summed E-state index contributed by atoms with van der Waals surface area (Å²) in [4.78, 5) is 43.3. The maximum Gasteiger partial charge on any atom is 0.289 e. The van der Waals surface area contributed by atoms with E-state index in [1.807, 2.05) is 30.3 Å². The number of hydrogen-bond donors (Lipinski definition) is 2. The van der Waals surface area contributed by atoms with Gasteiger partial charge in [-0.1, -0.05) is 30.3 Å². The number of benzene rings is 2. The minimum absolute atomic E-state index is 0.0181. The Morgan fingerprint density at radius 3 is 2.46 bits per heavy atom. The molecule has 0 spiro atoms. The molecular weight excluding hydrogens is 473 g/mol. The average molecular weight is 498 g/mol. The lowest BCUT2D eigenvalue weighted by atomic mass is 10.0. The molecule has 2 aromatic carbocycles. The molecule has 4 aromatic rings. The topological polar surface area (TPSA) is 106 Å². The zero-order valence-electron chi connectivity index (χ0n) is 19.8. The van der Waals surface area contributed by atoms with Crippen LogP contribution in [0, 0.1) is 5.82 Å². The highest BCUT2D eigenvalue weighted by atomic mass is 19.1. The van der Waals surface area contributed by atoms with Crippen molar-refractivity contribution in [3.8, 4) is 17.1 Å². The highest BCUT2D eigenvalue weighted by Gasteiger charge is 2.32. The maximum atomic E-state index is 13.4. The predicted molar refractivity (Wildman–Crippen MR) is 134 cm³/mol. The predicted octanol–water partition coefficient (Wildman–Crippen LogP) is 3.26. The van der Waals surface area contributed by atoms with Gasteiger partial charge >= 0.3 is 0 Å². The molecule has 2 N–H and O–H groups in total. The molecule has 0 unspecified atom stereocenters. The smallest absolute Gasteiger partial charge is 0.289 e. The number of rotatable bonds is 9. The van der Waals surface area contributed by atoms with Crippen LogP contribution in [-0.4, -0.2) is 44.4 Å². The van der Waals surface area contributed by atoms with Gasteiger partial charge < -0.3 is 10.6 Å². The van der Waals surface area contributed by atoms with Gasteiger partial charge in [-0.3, -0.25) is 14.4 Å². The molecule has 0 aliphatic heterocycles. The lowest BCUT2D eigenvalue weighted by molar-refractivity contribution is -0.139. The third kappa shape index (κ3) is 5.78. The monoisotopic (exact) mass is 497 g/mol. The molecule has 0 radical (unpaired) electrons. The van der Waals surface area contributed by atoms with Crippen LogP contribution in [0.5, 0.6) is 0 Å². The van der Waals surface area contributed by atoms with E-state index in [0.29, 0.717) is 11.3 Å². The van der Waals surface area contributed by atoms with Gasteiger partial charge in [0, 0.05) is 30.4 Å². The Morgan fingerprint density at radius 1 is 0.973 bits per heavy atom. The molecule has 1 saturated carbocycles. The Bertz CT molecular complexity index is 1430. The number of carbonyl (C=O) groups is 3. The first kappa shape index (κ1) is 24.1. The lowest BCUT2D eigenvalue weighted by Gasteiger charge is -2.18. The molecule has 9 heteroatoms. The molecule has 37 heavy (non-hydrogen) atoms. The largest absolute Gasteiger partial charge is 0.347 e. The summed E-state index contributed by atoms with van der Waals surface area (Å²) in [6.07, 6.45) is 5.03. The van der Waals surface area contributed by atoms with Crippen LogP contribution in [-0.2, 0) is 16.0 Å². The van der Waals surface area contributed by atoms with Gasteiger partial charge in [0.1, 0.15) is 11.9 Å². The Hall–Kier alpha value is -4.66. The van der Waals surface area contributed by atoms with Crippen molar-refractivity contribution >= 4 is 17.6 Å². The number of pyridine rings is 1. The quantitative estimate of drug-likeness (QED) is 0.345. The van der Waals surface area contributed by atoms with Crippen molar-refractivity contribution < 1.29 is 18.8 Å². The fourth-order valence-electron chi connectivity index (χ4n) is 3.91. The number of nitrogens with zero attached hydrogens (tertiary/aromatic N) is 3. The minimum Gasteiger partial charge on any atom is -0.347 e. The van der Waals surface area contributed by atoms with Crippen LogP contribution in [0.3, 0.4) is 0 Å². The van der Waals surface area contributed by atoms with Gasteiger partial charge in [-0.2, -0.15) is 5.10 Å². The van der Waals surface area contributed by atoms with E-state index in [2.05, 4.69) is 20.7 Å². The third-order valence-corrected chi connectivity index (χ3v) is 6.02. The summed E-state index contributed by atoms with van der Waals surface area (Å²) in [6.45, 7) is 0. The number of nitrogens with one attached hydrogen (secondary N) is 2. The summed E-state index contributed by atoms with van der Waals surface area (Å²) >= 11 is 0. The molecule has 1 fully saturated rings. The number of aromatic nitrogens is 3. The standard InChI is InChI=1S/C28H24FN5O3/c29-20-10-8-19(9-11-20)23-14-16-34(33-23)26-22(7-4-15-30-26)27(36)32-24(17-18-5-2-1-3-6-18)25(35)28(37)31-21-12-13-21/h1-11,14-16,21,24H,12-13,17H2,(H,31,37)(H,32,36)/t24-/m0/s1. The second-order valence-corrected chi connectivity index (χ2v) is 8.85. The van der Waals surface area contributed by atoms with Crippen LogP contribution in [0.4, 0.5) is 4.39 Å². The fourth-order valence-corrected chi connectivity index (χ4v) is 3.91. The molecule has 5 rings (SSSR count).